The molecule has 2 N–H and O–H groups in total. The average molecular weight is 279 g/mol. The lowest BCUT2D eigenvalue weighted by atomic mass is 9.78. The van der Waals surface area contributed by atoms with E-state index in [9.17, 15) is 0 Å². The molecule has 0 aliphatic carbocycles. The predicted octanol–water partition coefficient (Wildman–Crippen LogP) is 2.02. The van der Waals surface area contributed by atoms with Gasteiger partial charge in [-0.2, -0.15) is 0 Å². The van der Waals surface area contributed by atoms with Crippen molar-refractivity contribution < 1.29 is 4.74 Å². The highest BCUT2D eigenvalue weighted by Gasteiger charge is 2.35. The molecule has 1 aliphatic heterocycles. The number of terminal acetylenes is 1. The first-order valence-electron chi connectivity index (χ1n) is 7.56. The summed E-state index contributed by atoms with van der Waals surface area (Å²) < 4.78 is 5.99. The highest BCUT2D eigenvalue weighted by molar-refractivity contribution is 5.79. The maximum atomic E-state index is 5.99. The summed E-state index contributed by atoms with van der Waals surface area (Å²) in [5.41, 5.74) is 0.158. The van der Waals surface area contributed by atoms with Crippen molar-refractivity contribution in [3.05, 3.63) is 0 Å². The molecule has 1 heterocycles. The molecule has 114 valence electrons. The zero-order chi connectivity index (χ0) is 15.0. The van der Waals surface area contributed by atoms with Gasteiger partial charge in [0.1, 0.15) is 0 Å². The number of hydrogen-bond donors (Lipinski definition) is 2. The summed E-state index contributed by atoms with van der Waals surface area (Å²) in [4.78, 5) is 4.66. The van der Waals surface area contributed by atoms with E-state index in [2.05, 4.69) is 49.2 Å². The van der Waals surface area contributed by atoms with E-state index in [0.717, 1.165) is 32.1 Å². The van der Waals surface area contributed by atoms with Crippen LogP contribution in [0, 0.1) is 23.7 Å². The van der Waals surface area contributed by atoms with E-state index in [1.165, 1.54) is 6.42 Å². The predicted molar refractivity (Wildman–Crippen MR) is 84.7 cm³/mol. The van der Waals surface area contributed by atoms with Crippen molar-refractivity contribution in [3.8, 4) is 12.3 Å². The van der Waals surface area contributed by atoms with Gasteiger partial charge >= 0.3 is 0 Å². The average Bonchev–Trinajstić information content (AvgIpc) is 2.41. The largest absolute Gasteiger partial charge is 0.377 e. The summed E-state index contributed by atoms with van der Waals surface area (Å²) in [6.07, 6.45) is 7.86. The minimum atomic E-state index is 0.158. The smallest absolute Gasteiger partial charge is 0.192 e. The van der Waals surface area contributed by atoms with Gasteiger partial charge in [-0.05, 0) is 25.2 Å². The Balaban J connectivity index is 2.64. The van der Waals surface area contributed by atoms with Crippen LogP contribution in [0.25, 0.3) is 0 Å². The molecule has 0 spiro atoms. The second-order valence-electron chi connectivity index (χ2n) is 6.34. The molecule has 0 radical (unpaired) electrons. The highest BCUT2D eigenvalue weighted by Crippen LogP contribution is 2.34. The topological polar surface area (TPSA) is 45.7 Å². The zero-order valence-electron chi connectivity index (χ0n) is 13.3. The fraction of sp³-hybridized carbons (Fsp3) is 0.812. The minimum Gasteiger partial charge on any atom is -0.377 e. The van der Waals surface area contributed by atoms with Gasteiger partial charge in [-0.15, -0.1) is 6.42 Å². The monoisotopic (exact) mass is 279 g/mol. The van der Waals surface area contributed by atoms with E-state index in [-0.39, 0.29) is 11.5 Å². The van der Waals surface area contributed by atoms with Gasteiger partial charge in [0.2, 0.25) is 0 Å². The third kappa shape index (κ3) is 5.42. The SMILES string of the molecule is C#CCNC(=NCC1CCCOC1C(C)(C)C)NCC. The van der Waals surface area contributed by atoms with E-state index in [0.29, 0.717) is 12.5 Å². The molecule has 1 aliphatic rings. The van der Waals surface area contributed by atoms with Crippen molar-refractivity contribution >= 4 is 5.96 Å². The van der Waals surface area contributed by atoms with E-state index in [1.54, 1.807) is 0 Å². The fourth-order valence-corrected chi connectivity index (χ4v) is 2.67. The highest BCUT2D eigenvalue weighted by atomic mass is 16.5. The van der Waals surface area contributed by atoms with Crippen LogP contribution < -0.4 is 10.6 Å². The molecule has 0 bridgehead atoms. The molecule has 2 atom stereocenters. The third-order valence-electron chi connectivity index (χ3n) is 3.48. The lowest BCUT2D eigenvalue weighted by Crippen LogP contribution is -2.42. The van der Waals surface area contributed by atoms with E-state index in [4.69, 9.17) is 11.2 Å². The maximum Gasteiger partial charge on any atom is 0.192 e. The van der Waals surface area contributed by atoms with E-state index < -0.39 is 0 Å². The van der Waals surface area contributed by atoms with Gasteiger partial charge in [0, 0.05) is 25.6 Å². The Bertz CT molecular complexity index is 352. The van der Waals surface area contributed by atoms with Crippen molar-refractivity contribution in [1.82, 2.24) is 10.6 Å². The van der Waals surface area contributed by atoms with Gasteiger partial charge in [-0.1, -0.05) is 26.7 Å². The van der Waals surface area contributed by atoms with E-state index in [1.807, 2.05) is 0 Å². The molecule has 4 nitrogen and oxygen atoms in total. The Hall–Kier alpha value is -1.21. The first-order valence-corrected chi connectivity index (χ1v) is 7.56. The Morgan fingerprint density at radius 3 is 2.75 bits per heavy atom. The fourth-order valence-electron chi connectivity index (χ4n) is 2.67. The molecular formula is C16H29N3O. The van der Waals surface area contributed by atoms with Crippen LogP contribution in [0.4, 0.5) is 0 Å². The summed E-state index contributed by atoms with van der Waals surface area (Å²) in [5.74, 6) is 3.84. The van der Waals surface area contributed by atoms with Gasteiger partial charge in [0.15, 0.2) is 5.96 Å². The summed E-state index contributed by atoms with van der Waals surface area (Å²) >= 11 is 0. The first kappa shape index (κ1) is 16.8. The summed E-state index contributed by atoms with van der Waals surface area (Å²) in [6.45, 7) is 11.7. The molecule has 1 saturated heterocycles. The van der Waals surface area contributed by atoms with Gasteiger partial charge in [0.25, 0.3) is 0 Å². The number of hydrogen-bond acceptors (Lipinski definition) is 2. The van der Waals surface area contributed by atoms with Crippen molar-refractivity contribution in [1.29, 1.82) is 0 Å². The molecule has 0 amide bonds. The van der Waals surface area contributed by atoms with Gasteiger partial charge < -0.3 is 15.4 Å². The lowest BCUT2D eigenvalue weighted by Gasteiger charge is -2.39. The number of ether oxygens (including phenoxy) is 1. The molecule has 1 rings (SSSR count). The van der Waals surface area contributed by atoms with Crippen molar-refractivity contribution in [2.45, 2.75) is 46.6 Å². The first-order chi connectivity index (χ1) is 9.49. The number of aliphatic imine (C=N–C) groups is 1. The number of nitrogens with one attached hydrogen (secondary N) is 2. The molecule has 0 aromatic rings. The van der Waals surface area contributed by atoms with Crippen LogP contribution in [0.3, 0.4) is 0 Å². The standard InChI is InChI=1S/C16H29N3O/c1-6-10-18-15(17-7-2)19-12-13-9-8-11-20-14(13)16(3,4)5/h1,13-14H,7-12H2,2-5H3,(H2,17,18,19). The van der Waals surface area contributed by atoms with E-state index >= 15 is 0 Å². The molecule has 4 heteroatoms. The second-order valence-corrected chi connectivity index (χ2v) is 6.34. The van der Waals surface area contributed by atoms with Crippen LogP contribution in [0.1, 0.15) is 40.5 Å². The van der Waals surface area contributed by atoms with Crippen molar-refractivity contribution in [3.63, 3.8) is 0 Å². The van der Waals surface area contributed by atoms with Gasteiger partial charge in [0.05, 0.1) is 12.6 Å². The van der Waals surface area contributed by atoms with Gasteiger partial charge in [-0.25, -0.2) is 0 Å². The number of rotatable bonds is 4. The van der Waals surface area contributed by atoms with Crippen LogP contribution in [-0.2, 0) is 4.74 Å². The van der Waals surface area contributed by atoms with Crippen LogP contribution in [0.15, 0.2) is 4.99 Å². The van der Waals surface area contributed by atoms with Crippen LogP contribution >= 0.6 is 0 Å². The Kier molecular flexibility index (Phi) is 6.87. The third-order valence-corrected chi connectivity index (χ3v) is 3.48. The maximum absolute atomic E-state index is 5.99. The van der Waals surface area contributed by atoms with Crippen molar-refractivity contribution in [2.75, 3.05) is 26.2 Å². The molecule has 1 fully saturated rings. The molecular weight excluding hydrogens is 250 g/mol. The summed E-state index contributed by atoms with van der Waals surface area (Å²) in [5, 5.41) is 6.34. The van der Waals surface area contributed by atoms with Crippen LogP contribution in [-0.4, -0.2) is 38.3 Å². The molecule has 2 unspecified atom stereocenters. The number of guanidine groups is 1. The Morgan fingerprint density at radius 1 is 1.40 bits per heavy atom. The normalized spacial score (nSPS) is 24.1. The molecule has 0 saturated carbocycles. The lowest BCUT2D eigenvalue weighted by molar-refractivity contribution is -0.0823. The quantitative estimate of drug-likeness (QED) is 0.470. The van der Waals surface area contributed by atoms with Gasteiger partial charge in [-0.3, -0.25) is 4.99 Å². The molecule has 0 aromatic heterocycles. The summed E-state index contributed by atoms with van der Waals surface area (Å²) in [6, 6.07) is 0. The number of nitrogens with zero attached hydrogens (tertiary/aromatic N) is 1. The summed E-state index contributed by atoms with van der Waals surface area (Å²) in [7, 11) is 0. The second kappa shape index (κ2) is 8.16. The molecule has 20 heavy (non-hydrogen) atoms. The zero-order valence-corrected chi connectivity index (χ0v) is 13.3. The van der Waals surface area contributed by atoms with Crippen molar-refractivity contribution in [2.24, 2.45) is 16.3 Å². The van der Waals surface area contributed by atoms with Crippen LogP contribution in [0.2, 0.25) is 0 Å². The Labute approximate surface area is 123 Å². The Morgan fingerprint density at radius 2 is 2.15 bits per heavy atom. The van der Waals surface area contributed by atoms with Crippen LogP contribution in [0.5, 0.6) is 0 Å². The molecule has 0 aromatic carbocycles. The minimum absolute atomic E-state index is 0.158.